The minimum atomic E-state index is -0.622. The van der Waals surface area contributed by atoms with Gasteiger partial charge >= 0.3 is 0 Å². The lowest BCUT2D eigenvalue weighted by Crippen LogP contribution is -2.27. The van der Waals surface area contributed by atoms with Gasteiger partial charge in [0.15, 0.2) is 0 Å². The van der Waals surface area contributed by atoms with Crippen LogP contribution in [0.5, 0.6) is 0 Å². The summed E-state index contributed by atoms with van der Waals surface area (Å²) in [5.41, 5.74) is 16.1. The first kappa shape index (κ1) is 32.3. The molecule has 266 valence electrons. The maximum atomic E-state index is 14.5. The van der Waals surface area contributed by atoms with E-state index in [2.05, 4.69) is 174 Å². The van der Waals surface area contributed by atoms with Crippen molar-refractivity contribution in [3.8, 4) is 27.9 Å². The van der Waals surface area contributed by atoms with Crippen molar-refractivity contribution in [2.75, 3.05) is 0 Å². The van der Waals surface area contributed by atoms with Gasteiger partial charge in [0, 0.05) is 16.5 Å². The summed E-state index contributed by atoms with van der Waals surface area (Å²) in [5, 5.41) is 3.72. The molecule has 1 unspecified atom stereocenters. The second-order valence-corrected chi connectivity index (χ2v) is 17.7. The molecule has 0 saturated carbocycles. The van der Waals surface area contributed by atoms with Crippen LogP contribution in [-0.2, 0) is 16.2 Å². The van der Waals surface area contributed by atoms with Crippen LogP contribution in [0.15, 0.2) is 149 Å². The maximum absolute atomic E-state index is 14.5. The number of aromatic nitrogens is 1. The van der Waals surface area contributed by atoms with Gasteiger partial charge in [-0.2, -0.15) is 0 Å². The number of rotatable bonds is 1. The van der Waals surface area contributed by atoms with E-state index in [0.29, 0.717) is 21.9 Å². The SMILES string of the molecule is CC(C)(C)c1ccc2c(c1)C1(c3ccccc3-c3cc(-n4c5ccccc5c5ccccc54)ccc31)c1cc3c(=O)c4ccc(C(C)(C)C)cc4oc3cc1-2. The Morgan fingerprint density at radius 2 is 1.02 bits per heavy atom. The van der Waals surface area contributed by atoms with Crippen LogP contribution < -0.4 is 5.43 Å². The minimum absolute atomic E-state index is 0.00853. The molecule has 3 heteroatoms. The van der Waals surface area contributed by atoms with Gasteiger partial charge < -0.3 is 8.98 Å². The summed E-state index contributed by atoms with van der Waals surface area (Å²) in [6.07, 6.45) is 0. The number of benzene rings is 7. The Bertz CT molecular complexity index is 3140. The Morgan fingerprint density at radius 1 is 0.455 bits per heavy atom. The van der Waals surface area contributed by atoms with Gasteiger partial charge in [-0.05, 0) is 115 Å². The van der Waals surface area contributed by atoms with Crippen molar-refractivity contribution in [2.24, 2.45) is 0 Å². The summed E-state index contributed by atoms with van der Waals surface area (Å²) >= 11 is 0. The normalized spacial score (nSPS) is 16.0. The zero-order chi connectivity index (χ0) is 37.6. The second-order valence-electron chi connectivity index (χ2n) is 17.7. The molecular formula is C52H41NO2. The molecule has 2 aliphatic rings. The Labute approximate surface area is 320 Å². The van der Waals surface area contributed by atoms with E-state index in [9.17, 15) is 4.79 Å². The lowest BCUT2D eigenvalue weighted by molar-refractivity contribution is 0.587. The van der Waals surface area contributed by atoms with Crippen LogP contribution in [0, 0.1) is 0 Å². The highest BCUT2D eigenvalue weighted by Gasteiger charge is 2.52. The summed E-state index contributed by atoms with van der Waals surface area (Å²) in [5.74, 6) is 0. The van der Waals surface area contributed by atoms with Crippen LogP contribution in [0.1, 0.15) is 74.9 Å². The molecule has 1 atom stereocenters. The Kier molecular flexibility index (Phi) is 6.29. The molecule has 3 nitrogen and oxygen atoms in total. The number of fused-ring (bicyclic) bond motifs is 15. The van der Waals surface area contributed by atoms with E-state index in [1.807, 2.05) is 12.1 Å². The van der Waals surface area contributed by atoms with Crippen LogP contribution in [0.2, 0.25) is 0 Å². The Morgan fingerprint density at radius 3 is 1.75 bits per heavy atom. The van der Waals surface area contributed by atoms with Gasteiger partial charge in [-0.1, -0.05) is 133 Å². The summed E-state index contributed by atoms with van der Waals surface area (Å²) in [6, 6.07) is 50.7. The van der Waals surface area contributed by atoms with Crippen LogP contribution in [-0.4, -0.2) is 4.57 Å². The van der Waals surface area contributed by atoms with Gasteiger partial charge in [-0.15, -0.1) is 0 Å². The highest BCUT2D eigenvalue weighted by molar-refractivity contribution is 6.09. The highest BCUT2D eigenvalue weighted by atomic mass is 16.3. The molecule has 0 amide bonds. The minimum Gasteiger partial charge on any atom is -0.456 e. The monoisotopic (exact) mass is 711 g/mol. The Balaban J connectivity index is 1.24. The van der Waals surface area contributed by atoms with E-state index in [1.54, 1.807) is 0 Å². The van der Waals surface area contributed by atoms with Crippen molar-refractivity contribution in [1.29, 1.82) is 0 Å². The number of hydrogen-bond acceptors (Lipinski definition) is 2. The molecule has 2 aliphatic carbocycles. The van der Waals surface area contributed by atoms with E-state index in [-0.39, 0.29) is 16.3 Å². The molecule has 0 saturated heterocycles. The lowest BCUT2D eigenvalue weighted by atomic mass is 9.69. The second kappa shape index (κ2) is 10.7. The average Bonchev–Trinajstić information content (AvgIpc) is 3.77. The molecule has 1 spiro atoms. The van der Waals surface area contributed by atoms with E-state index in [4.69, 9.17) is 4.42 Å². The molecule has 11 rings (SSSR count). The van der Waals surface area contributed by atoms with Crippen molar-refractivity contribution in [3.05, 3.63) is 183 Å². The summed E-state index contributed by atoms with van der Waals surface area (Å²) in [4.78, 5) is 14.5. The maximum Gasteiger partial charge on any atom is 0.200 e. The van der Waals surface area contributed by atoms with E-state index >= 15 is 0 Å². The van der Waals surface area contributed by atoms with Gasteiger partial charge in [0.1, 0.15) is 11.2 Å². The van der Waals surface area contributed by atoms with Gasteiger partial charge in [0.25, 0.3) is 0 Å². The molecular weight excluding hydrogens is 671 g/mol. The predicted molar refractivity (Wildman–Crippen MR) is 228 cm³/mol. The fourth-order valence-electron chi connectivity index (χ4n) is 9.79. The number of nitrogens with zero attached hydrogens (tertiary/aromatic N) is 1. The molecule has 0 N–H and O–H groups in total. The van der Waals surface area contributed by atoms with E-state index in [0.717, 1.165) is 22.4 Å². The van der Waals surface area contributed by atoms with Crippen LogP contribution in [0.3, 0.4) is 0 Å². The van der Waals surface area contributed by atoms with Gasteiger partial charge in [0.05, 0.1) is 27.2 Å². The molecule has 0 bridgehead atoms. The highest BCUT2D eigenvalue weighted by Crippen LogP contribution is 2.63. The third-order valence-electron chi connectivity index (χ3n) is 12.5. The third-order valence-corrected chi connectivity index (χ3v) is 12.5. The Hall–Kier alpha value is -6.19. The van der Waals surface area contributed by atoms with Gasteiger partial charge in [-0.25, -0.2) is 0 Å². The average molecular weight is 712 g/mol. The zero-order valence-corrected chi connectivity index (χ0v) is 32.0. The zero-order valence-electron chi connectivity index (χ0n) is 32.0. The van der Waals surface area contributed by atoms with Crippen molar-refractivity contribution in [1.82, 2.24) is 4.57 Å². The number of para-hydroxylation sites is 2. The van der Waals surface area contributed by atoms with Crippen LogP contribution in [0.25, 0.3) is 71.7 Å². The molecule has 55 heavy (non-hydrogen) atoms. The topological polar surface area (TPSA) is 35.1 Å². The summed E-state index contributed by atoms with van der Waals surface area (Å²) in [7, 11) is 0. The molecule has 2 heterocycles. The molecule has 2 aromatic heterocycles. The van der Waals surface area contributed by atoms with Crippen molar-refractivity contribution < 1.29 is 4.42 Å². The van der Waals surface area contributed by atoms with Gasteiger partial charge in [-0.3, -0.25) is 4.79 Å². The lowest BCUT2D eigenvalue weighted by Gasteiger charge is -2.32. The fourth-order valence-corrected chi connectivity index (χ4v) is 9.79. The molecule has 0 aliphatic heterocycles. The van der Waals surface area contributed by atoms with Crippen LogP contribution in [0.4, 0.5) is 0 Å². The summed E-state index contributed by atoms with van der Waals surface area (Å²) < 4.78 is 9.10. The smallest absolute Gasteiger partial charge is 0.200 e. The molecule has 9 aromatic rings. The molecule has 0 fully saturated rings. The van der Waals surface area contributed by atoms with Crippen molar-refractivity contribution >= 4 is 43.7 Å². The largest absolute Gasteiger partial charge is 0.456 e. The van der Waals surface area contributed by atoms with Crippen LogP contribution >= 0.6 is 0 Å². The van der Waals surface area contributed by atoms with E-state index in [1.165, 1.54) is 60.8 Å². The third kappa shape index (κ3) is 4.24. The number of hydrogen-bond donors (Lipinski definition) is 0. The standard InChI is InChI=1S/C52H41NO2/c1-50(2,3)30-19-22-34-39-29-48-40(49(54)37-23-20-31(51(4,5)6)26-47(37)55-48)28-44(39)52(43(34)25-30)41-16-10-7-13-33(41)38-27-32(21-24-42(38)52)53-45-17-11-8-14-35(45)36-15-9-12-18-46(36)53/h7-29H,1-6H3. The van der Waals surface area contributed by atoms with Crippen molar-refractivity contribution in [3.63, 3.8) is 0 Å². The fraction of sp³-hybridized carbons (Fsp3) is 0.173. The quantitative estimate of drug-likeness (QED) is 0.159. The first-order valence-electron chi connectivity index (χ1n) is 19.4. The van der Waals surface area contributed by atoms with E-state index < -0.39 is 5.41 Å². The first-order chi connectivity index (χ1) is 26.4. The molecule has 0 radical (unpaired) electrons. The predicted octanol–water partition coefficient (Wildman–Crippen LogP) is 13.0. The summed E-state index contributed by atoms with van der Waals surface area (Å²) in [6.45, 7) is 13.4. The first-order valence-corrected chi connectivity index (χ1v) is 19.4. The van der Waals surface area contributed by atoms with Gasteiger partial charge in [0.2, 0.25) is 5.43 Å². The van der Waals surface area contributed by atoms with Crippen molar-refractivity contribution in [2.45, 2.75) is 57.8 Å². The molecule has 7 aromatic carbocycles.